The number of hydrogen-bond donors (Lipinski definition) is 0. The van der Waals surface area contributed by atoms with Crippen molar-refractivity contribution in [3.05, 3.63) is 71.5 Å². The average Bonchev–Trinajstić information content (AvgIpc) is 2.80. The fraction of sp³-hybridized carbons (Fsp3) is 0.176. The maximum Gasteiger partial charge on any atom is 0.134 e. The molecule has 1 nitrogen and oxygen atoms in total. The SMILES string of the molecule is CCc1ccc2oc(Cc3ccccc3)cc2c1. The predicted octanol–water partition coefficient (Wildman–Crippen LogP) is 4.59. The highest BCUT2D eigenvalue weighted by atomic mass is 16.3. The Morgan fingerprint density at radius 2 is 1.72 bits per heavy atom. The van der Waals surface area contributed by atoms with Gasteiger partial charge in [0, 0.05) is 11.8 Å². The molecule has 0 radical (unpaired) electrons. The standard InChI is InChI=1S/C17H16O/c1-2-13-8-9-17-15(10-13)12-16(18-17)11-14-6-4-3-5-7-14/h3-10,12H,2,11H2,1H3. The molecule has 0 saturated heterocycles. The van der Waals surface area contributed by atoms with Gasteiger partial charge < -0.3 is 4.42 Å². The second-order valence-corrected chi connectivity index (χ2v) is 4.60. The van der Waals surface area contributed by atoms with Gasteiger partial charge in [0.2, 0.25) is 0 Å². The summed E-state index contributed by atoms with van der Waals surface area (Å²) in [6, 6.07) is 19.0. The van der Waals surface area contributed by atoms with Crippen molar-refractivity contribution in [2.24, 2.45) is 0 Å². The molecule has 2 aromatic carbocycles. The van der Waals surface area contributed by atoms with E-state index in [1.807, 2.05) is 6.07 Å². The number of rotatable bonds is 3. The Hall–Kier alpha value is -2.02. The van der Waals surface area contributed by atoms with Crippen LogP contribution in [0.1, 0.15) is 23.8 Å². The minimum atomic E-state index is 0.858. The van der Waals surface area contributed by atoms with E-state index < -0.39 is 0 Å². The minimum absolute atomic E-state index is 0.858. The first-order valence-electron chi connectivity index (χ1n) is 6.40. The third kappa shape index (κ3) is 2.17. The lowest BCUT2D eigenvalue weighted by molar-refractivity contribution is 0.563. The summed E-state index contributed by atoms with van der Waals surface area (Å²) in [6.45, 7) is 2.17. The second-order valence-electron chi connectivity index (χ2n) is 4.60. The van der Waals surface area contributed by atoms with Crippen molar-refractivity contribution in [3.8, 4) is 0 Å². The maximum absolute atomic E-state index is 5.87. The van der Waals surface area contributed by atoms with Gasteiger partial charge in [-0.15, -0.1) is 0 Å². The predicted molar refractivity (Wildman–Crippen MR) is 74.8 cm³/mol. The van der Waals surface area contributed by atoms with E-state index in [1.165, 1.54) is 16.5 Å². The summed E-state index contributed by atoms with van der Waals surface area (Å²) in [5, 5.41) is 1.21. The van der Waals surface area contributed by atoms with Crippen LogP contribution in [-0.4, -0.2) is 0 Å². The average molecular weight is 236 g/mol. The summed E-state index contributed by atoms with van der Waals surface area (Å²) in [4.78, 5) is 0. The highest BCUT2D eigenvalue weighted by Gasteiger charge is 2.05. The lowest BCUT2D eigenvalue weighted by Crippen LogP contribution is -1.83. The van der Waals surface area contributed by atoms with E-state index in [-0.39, 0.29) is 0 Å². The molecule has 0 aliphatic carbocycles. The van der Waals surface area contributed by atoms with Gasteiger partial charge in [0.15, 0.2) is 0 Å². The lowest BCUT2D eigenvalue weighted by Gasteiger charge is -1.96. The van der Waals surface area contributed by atoms with Crippen LogP contribution < -0.4 is 0 Å². The van der Waals surface area contributed by atoms with Gasteiger partial charge in [0.05, 0.1) is 0 Å². The van der Waals surface area contributed by atoms with Crippen molar-refractivity contribution in [3.63, 3.8) is 0 Å². The van der Waals surface area contributed by atoms with Crippen LogP contribution in [0.5, 0.6) is 0 Å². The number of benzene rings is 2. The normalized spacial score (nSPS) is 10.9. The van der Waals surface area contributed by atoms with Gasteiger partial charge in [-0.25, -0.2) is 0 Å². The van der Waals surface area contributed by atoms with Crippen molar-refractivity contribution in [2.45, 2.75) is 19.8 Å². The van der Waals surface area contributed by atoms with E-state index in [0.717, 1.165) is 24.2 Å². The Bertz CT molecular complexity index is 650. The molecule has 18 heavy (non-hydrogen) atoms. The van der Waals surface area contributed by atoms with E-state index in [0.29, 0.717) is 0 Å². The van der Waals surface area contributed by atoms with Crippen molar-refractivity contribution in [2.75, 3.05) is 0 Å². The largest absolute Gasteiger partial charge is 0.461 e. The van der Waals surface area contributed by atoms with Gasteiger partial charge in [-0.3, -0.25) is 0 Å². The Labute approximate surface area is 107 Å². The molecule has 1 heterocycles. The number of aryl methyl sites for hydroxylation is 1. The van der Waals surface area contributed by atoms with Crippen molar-refractivity contribution in [1.29, 1.82) is 0 Å². The Morgan fingerprint density at radius 1 is 0.889 bits per heavy atom. The molecule has 0 aliphatic heterocycles. The molecule has 0 atom stereocenters. The molecule has 0 saturated carbocycles. The van der Waals surface area contributed by atoms with Crippen LogP contribution in [0.25, 0.3) is 11.0 Å². The van der Waals surface area contributed by atoms with Gasteiger partial charge in [-0.05, 0) is 35.7 Å². The van der Waals surface area contributed by atoms with Crippen molar-refractivity contribution in [1.82, 2.24) is 0 Å². The summed E-state index contributed by atoms with van der Waals surface area (Å²) in [5.74, 6) is 1.03. The lowest BCUT2D eigenvalue weighted by atomic mass is 10.1. The molecule has 3 aromatic rings. The summed E-state index contributed by atoms with van der Waals surface area (Å²) in [7, 11) is 0. The zero-order chi connectivity index (χ0) is 12.4. The van der Waals surface area contributed by atoms with Gasteiger partial charge in [0.25, 0.3) is 0 Å². The maximum atomic E-state index is 5.87. The first-order chi connectivity index (χ1) is 8.85. The van der Waals surface area contributed by atoms with Crippen LogP contribution in [0.2, 0.25) is 0 Å². The first kappa shape index (κ1) is 11.1. The van der Waals surface area contributed by atoms with E-state index in [1.54, 1.807) is 0 Å². The quantitative estimate of drug-likeness (QED) is 0.648. The van der Waals surface area contributed by atoms with Crippen LogP contribution in [0.4, 0.5) is 0 Å². The van der Waals surface area contributed by atoms with E-state index in [2.05, 4.69) is 55.5 Å². The fourth-order valence-corrected chi connectivity index (χ4v) is 2.25. The third-order valence-corrected chi connectivity index (χ3v) is 3.26. The molecule has 0 amide bonds. The van der Waals surface area contributed by atoms with E-state index >= 15 is 0 Å². The van der Waals surface area contributed by atoms with Gasteiger partial charge in [-0.2, -0.15) is 0 Å². The van der Waals surface area contributed by atoms with E-state index in [4.69, 9.17) is 4.42 Å². The summed E-state index contributed by atoms with van der Waals surface area (Å²) >= 11 is 0. The second kappa shape index (κ2) is 4.69. The topological polar surface area (TPSA) is 13.1 Å². The molecule has 3 rings (SSSR count). The van der Waals surface area contributed by atoms with Gasteiger partial charge >= 0.3 is 0 Å². The molecule has 0 unspecified atom stereocenters. The highest BCUT2D eigenvalue weighted by Crippen LogP contribution is 2.22. The Kier molecular flexibility index (Phi) is 2.89. The van der Waals surface area contributed by atoms with Gasteiger partial charge in [-0.1, -0.05) is 43.3 Å². The third-order valence-electron chi connectivity index (χ3n) is 3.26. The first-order valence-corrected chi connectivity index (χ1v) is 6.40. The number of hydrogen-bond acceptors (Lipinski definition) is 1. The summed E-state index contributed by atoms with van der Waals surface area (Å²) in [6.07, 6.45) is 1.92. The van der Waals surface area contributed by atoms with E-state index in [9.17, 15) is 0 Å². The zero-order valence-corrected chi connectivity index (χ0v) is 10.5. The molecular weight excluding hydrogens is 220 g/mol. The van der Waals surface area contributed by atoms with Crippen LogP contribution in [-0.2, 0) is 12.8 Å². The molecule has 1 aromatic heterocycles. The van der Waals surface area contributed by atoms with Gasteiger partial charge in [0.1, 0.15) is 11.3 Å². The molecule has 0 fully saturated rings. The fourth-order valence-electron chi connectivity index (χ4n) is 2.25. The minimum Gasteiger partial charge on any atom is -0.461 e. The van der Waals surface area contributed by atoms with Crippen LogP contribution in [0.3, 0.4) is 0 Å². The Balaban J connectivity index is 1.94. The smallest absolute Gasteiger partial charge is 0.134 e. The number of furan rings is 1. The molecule has 0 aliphatic rings. The molecule has 90 valence electrons. The zero-order valence-electron chi connectivity index (χ0n) is 10.5. The summed E-state index contributed by atoms with van der Waals surface area (Å²) in [5.41, 5.74) is 3.62. The number of fused-ring (bicyclic) bond motifs is 1. The molecule has 0 N–H and O–H groups in total. The van der Waals surface area contributed by atoms with Crippen molar-refractivity contribution >= 4 is 11.0 Å². The Morgan fingerprint density at radius 3 is 2.50 bits per heavy atom. The molecular formula is C17H16O. The van der Waals surface area contributed by atoms with Crippen LogP contribution >= 0.6 is 0 Å². The highest BCUT2D eigenvalue weighted by molar-refractivity contribution is 5.78. The van der Waals surface area contributed by atoms with Crippen molar-refractivity contribution < 1.29 is 4.42 Å². The monoisotopic (exact) mass is 236 g/mol. The molecule has 0 bridgehead atoms. The molecule has 1 heteroatoms. The summed E-state index contributed by atoms with van der Waals surface area (Å²) < 4.78 is 5.87. The van der Waals surface area contributed by atoms with Crippen LogP contribution in [0.15, 0.2) is 59.0 Å². The van der Waals surface area contributed by atoms with Crippen LogP contribution in [0, 0.1) is 0 Å². The molecule has 0 spiro atoms.